The van der Waals surface area contributed by atoms with E-state index in [2.05, 4.69) is 5.32 Å². The molecular weight excluding hydrogens is 392 g/mol. The number of sulfone groups is 1. The minimum Gasteiger partial charge on any atom is -0.454 e. The molecule has 29 heavy (non-hydrogen) atoms. The Labute approximate surface area is 171 Å². The van der Waals surface area contributed by atoms with Crippen molar-refractivity contribution in [1.29, 1.82) is 0 Å². The first-order chi connectivity index (χ1) is 13.8. The molecule has 1 aliphatic rings. The molecule has 7 nitrogen and oxygen atoms in total. The van der Waals surface area contributed by atoms with Gasteiger partial charge in [0.15, 0.2) is 21.3 Å². The van der Waals surface area contributed by atoms with Crippen molar-refractivity contribution in [2.45, 2.75) is 42.7 Å². The third-order valence-corrected chi connectivity index (χ3v) is 7.24. The fraction of sp³-hybridized carbons (Fsp3) is 0.429. The standard InChI is InChI=1S/C21H28N2O5S/c1-14(2)21(23-12-18(24)17(22)10-15-6-4-3-5-7-15)29(25,26)16-8-9-19-20(11-16)28-13-27-19/h3-9,11,14,17-18,21,23-24H,10,12-13,22H2,1-2H3/t17?,18-,21?/m1/s1. The molecule has 0 saturated carbocycles. The zero-order valence-electron chi connectivity index (χ0n) is 16.6. The maximum atomic E-state index is 13.2. The van der Waals surface area contributed by atoms with E-state index in [0.717, 1.165) is 5.56 Å². The Morgan fingerprint density at radius 2 is 1.79 bits per heavy atom. The van der Waals surface area contributed by atoms with Crippen molar-refractivity contribution in [3.8, 4) is 11.5 Å². The van der Waals surface area contributed by atoms with E-state index in [0.29, 0.717) is 17.9 Å². The molecule has 0 bridgehead atoms. The zero-order valence-corrected chi connectivity index (χ0v) is 17.4. The van der Waals surface area contributed by atoms with Crippen LogP contribution in [-0.4, -0.2) is 44.4 Å². The van der Waals surface area contributed by atoms with Gasteiger partial charge in [0.05, 0.1) is 11.0 Å². The lowest BCUT2D eigenvalue weighted by Crippen LogP contribution is -2.49. The molecule has 2 unspecified atom stereocenters. The summed E-state index contributed by atoms with van der Waals surface area (Å²) in [6.45, 7) is 3.79. The van der Waals surface area contributed by atoms with Gasteiger partial charge in [0.2, 0.25) is 6.79 Å². The molecule has 2 aromatic rings. The highest BCUT2D eigenvalue weighted by atomic mass is 32.2. The van der Waals surface area contributed by atoms with E-state index < -0.39 is 27.4 Å². The van der Waals surface area contributed by atoms with Crippen LogP contribution < -0.4 is 20.5 Å². The second kappa shape index (κ2) is 9.13. The third-order valence-electron chi connectivity index (χ3n) is 4.95. The van der Waals surface area contributed by atoms with Crippen LogP contribution in [0.3, 0.4) is 0 Å². The van der Waals surface area contributed by atoms with E-state index in [1.807, 2.05) is 44.2 Å². The van der Waals surface area contributed by atoms with Gasteiger partial charge in [-0.2, -0.15) is 0 Å². The van der Waals surface area contributed by atoms with Crippen molar-refractivity contribution in [2.75, 3.05) is 13.3 Å². The van der Waals surface area contributed by atoms with Gasteiger partial charge in [0.25, 0.3) is 0 Å². The van der Waals surface area contributed by atoms with Crippen molar-refractivity contribution >= 4 is 9.84 Å². The van der Waals surface area contributed by atoms with Crippen LogP contribution in [0.5, 0.6) is 11.5 Å². The van der Waals surface area contributed by atoms with E-state index in [9.17, 15) is 13.5 Å². The molecule has 2 aromatic carbocycles. The molecule has 0 fully saturated rings. The smallest absolute Gasteiger partial charge is 0.231 e. The Hall–Kier alpha value is -2.13. The second-order valence-electron chi connectivity index (χ2n) is 7.55. The summed E-state index contributed by atoms with van der Waals surface area (Å²) in [4.78, 5) is 0.149. The minimum absolute atomic E-state index is 0.0701. The molecule has 8 heteroatoms. The normalized spacial score (nSPS) is 16.6. The summed E-state index contributed by atoms with van der Waals surface area (Å²) in [6.07, 6.45) is -0.381. The summed E-state index contributed by atoms with van der Waals surface area (Å²) in [5, 5.41) is 12.6. The van der Waals surface area contributed by atoms with Crippen LogP contribution in [0.2, 0.25) is 0 Å². The average Bonchev–Trinajstić information content (AvgIpc) is 3.16. The highest BCUT2D eigenvalue weighted by molar-refractivity contribution is 7.92. The van der Waals surface area contributed by atoms with E-state index in [1.54, 1.807) is 6.07 Å². The number of nitrogens with two attached hydrogens (primary N) is 1. The Morgan fingerprint density at radius 1 is 1.10 bits per heavy atom. The van der Waals surface area contributed by atoms with E-state index in [1.165, 1.54) is 12.1 Å². The summed E-state index contributed by atoms with van der Waals surface area (Å²) in [5.41, 5.74) is 7.14. The number of aliphatic hydroxyl groups excluding tert-OH is 1. The maximum Gasteiger partial charge on any atom is 0.231 e. The SMILES string of the molecule is CC(C)C(NC[C@@H](O)C(N)Cc1ccccc1)S(=O)(=O)c1ccc2c(c1)OCO2. The van der Waals surface area contributed by atoms with Crippen LogP contribution in [0.1, 0.15) is 19.4 Å². The number of nitrogens with one attached hydrogen (secondary N) is 1. The van der Waals surface area contributed by atoms with E-state index in [-0.39, 0.29) is 24.2 Å². The molecule has 1 aliphatic heterocycles. The van der Waals surface area contributed by atoms with Gasteiger partial charge in [-0.25, -0.2) is 8.42 Å². The molecule has 3 atom stereocenters. The summed E-state index contributed by atoms with van der Waals surface area (Å²) >= 11 is 0. The van der Waals surface area contributed by atoms with Crippen molar-refractivity contribution in [1.82, 2.24) is 5.32 Å². The molecule has 0 spiro atoms. The number of hydrogen-bond donors (Lipinski definition) is 3. The number of aliphatic hydroxyl groups is 1. The largest absolute Gasteiger partial charge is 0.454 e. The van der Waals surface area contributed by atoms with Crippen LogP contribution in [0, 0.1) is 5.92 Å². The van der Waals surface area contributed by atoms with Crippen LogP contribution >= 0.6 is 0 Å². The monoisotopic (exact) mass is 420 g/mol. The fourth-order valence-electron chi connectivity index (χ4n) is 3.31. The summed E-state index contributed by atoms with van der Waals surface area (Å²) in [6, 6.07) is 13.7. The van der Waals surface area contributed by atoms with Crippen molar-refractivity contribution < 1.29 is 23.0 Å². The summed E-state index contributed by atoms with van der Waals surface area (Å²) < 4.78 is 36.9. The molecule has 0 amide bonds. The minimum atomic E-state index is -3.70. The lowest BCUT2D eigenvalue weighted by atomic mass is 10.0. The average molecular weight is 421 g/mol. The van der Waals surface area contributed by atoms with Crippen LogP contribution in [0.4, 0.5) is 0 Å². The van der Waals surface area contributed by atoms with Crippen LogP contribution in [-0.2, 0) is 16.3 Å². The lowest BCUT2D eigenvalue weighted by Gasteiger charge is -2.26. The van der Waals surface area contributed by atoms with Crippen LogP contribution in [0.15, 0.2) is 53.4 Å². The first-order valence-corrected chi connectivity index (χ1v) is 11.2. The van der Waals surface area contributed by atoms with Gasteiger partial charge in [-0.15, -0.1) is 0 Å². The maximum absolute atomic E-state index is 13.2. The number of fused-ring (bicyclic) bond motifs is 1. The molecule has 4 N–H and O–H groups in total. The Kier molecular flexibility index (Phi) is 6.79. The van der Waals surface area contributed by atoms with Crippen molar-refractivity contribution in [3.05, 3.63) is 54.1 Å². The van der Waals surface area contributed by atoms with Gasteiger partial charge in [-0.3, -0.25) is 5.32 Å². The van der Waals surface area contributed by atoms with E-state index in [4.69, 9.17) is 15.2 Å². The zero-order chi connectivity index (χ0) is 21.0. The topological polar surface area (TPSA) is 111 Å². The number of ether oxygens (including phenoxy) is 2. The van der Waals surface area contributed by atoms with E-state index >= 15 is 0 Å². The molecule has 0 aromatic heterocycles. The Bertz CT molecular complexity index is 918. The highest BCUT2D eigenvalue weighted by Crippen LogP contribution is 2.35. The predicted molar refractivity (Wildman–Crippen MR) is 111 cm³/mol. The molecule has 1 heterocycles. The summed E-state index contributed by atoms with van der Waals surface area (Å²) in [5.74, 6) is 0.724. The summed E-state index contributed by atoms with van der Waals surface area (Å²) in [7, 11) is -3.70. The quantitative estimate of drug-likeness (QED) is 0.566. The van der Waals surface area contributed by atoms with Crippen LogP contribution in [0.25, 0.3) is 0 Å². The molecule has 0 aliphatic carbocycles. The molecule has 0 saturated heterocycles. The molecule has 0 radical (unpaired) electrons. The predicted octanol–water partition coefficient (Wildman–Crippen LogP) is 1.69. The Balaban J connectivity index is 1.67. The third kappa shape index (κ3) is 5.08. The molecular formula is C21H28N2O5S. The fourth-order valence-corrected chi connectivity index (χ4v) is 5.17. The van der Waals surface area contributed by atoms with Crippen molar-refractivity contribution in [3.63, 3.8) is 0 Å². The first-order valence-electron chi connectivity index (χ1n) is 9.63. The van der Waals surface area contributed by atoms with Gasteiger partial charge >= 0.3 is 0 Å². The number of hydrogen-bond acceptors (Lipinski definition) is 7. The number of rotatable bonds is 9. The van der Waals surface area contributed by atoms with Gasteiger partial charge in [-0.1, -0.05) is 44.2 Å². The highest BCUT2D eigenvalue weighted by Gasteiger charge is 2.32. The molecule has 158 valence electrons. The van der Waals surface area contributed by atoms with Gasteiger partial charge < -0.3 is 20.3 Å². The Morgan fingerprint density at radius 3 is 2.48 bits per heavy atom. The number of benzene rings is 2. The van der Waals surface area contributed by atoms with Gasteiger partial charge in [0, 0.05) is 18.7 Å². The second-order valence-corrected chi connectivity index (χ2v) is 9.62. The molecule has 3 rings (SSSR count). The van der Waals surface area contributed by atoms with Crippen molar-refractivity contribution in [2.24, 2.45) is 11.7 Å². The lowest BCUT2D eigenvalue weighted by molar-refractivity contribution is 0.139. The van der Waals surface area contributed by atoms with Gasteiger partial charge in [-0.05, 0) is 30.0 Å². The first kappa shape index (κ1) is 21.6. The van der Waals surface area contributed by atoms with Gasteiger partial charge in [0.1, 0.15) is 5.37 Å².